The topological polar surface area (TPSA) is 148 Å². The van der Waals surface area contributed by atoms with Gasteiger partial charge in [-0.1, -0.05) is 67.4 Å². The number of rotatable bonds is 19. The van der Waals surface area contributed by atoms with Crippen LogP contribution in [0.15, 0.2) is 78.0 Å². The molecule has 2 aromatic carbocycles. The minimum atomic E-state index is -1.40. The van der Waals surface area contributed by atoms with Crippen LogP contribution in [0.2, 0.25) is 0 Å². The molecule has 0 radical (unpaired) electrons. The van der Waals surface area contributed by atoms with Crippen LogP contribution in [0.25, 0.3) is 0 Å². The van der Waals surface area contributed by atoms with E-state index in [-0.39, 0.29) is 50.6 Å². The summed E-state index contributed by atoms with van der Waals surface area (Å²) in [5, 5.41) is 26.9. The fourth-order valence-corrected chi connectivity index (χ4v) is 8.53. The molecule has 2 amide bonds. The van der Waals surface area contributed by atoms with Gasteiger partial charge < -0.3 is 39.3 Å². The van der Waals surface area contributed by atoms with Crippen LogP contribution in [0.4, 0.5) is 9.59 Å². The van der Waals surface area contributed by atoms with E-state index in [0.29, 0.717) is 49.6 Å². The summed E-state index contributed by atoms with van der Waals surface area (Å²) in [6, 6.07) is 14.3. The highest BCUT2D eigenvalue weighted by molar-refractivity contribution is 6.03. The Morgan fingerprint density at radius 2 is 1.83 bits per heavy atom. The number of oxime groups is 1. The number of carbonyl (C=O) groups excluding carboxylic acids is 2. The van der Waals surface area contributed by atoms with Crippen molar-refractivity contribution in [2.45, 2.75) is 89.6 Å². The third-order valence-corrected chi connectivity index (χ3v) is 10.7. The highest BCUT2D eigenvalue weighted by atomic mass is 16.7. The van der Waals surface area contributed by atoms with Gasteiger partial charge in [0.25, 0.3) is 0 Å². The van der Waals surface area contributed by atoms with E-state index in [4.69, 9.17) is 23.8 Å². The number of fused-ring (bicyclic) bond motifs is 2. The Morgan fingerprint density at radius 1 is 1.07 bits per heavy atom. The Hall–Kier alpha value is -4.39. The lowest BCUT2D eigenvalue weighted by Gasteiger charge is -2.59. The summed E-state index contributed by atoms with van der Waals surface area (Å²) in [5.74, 6) is -1.08. The number of benzene rings is 2. The standard InChI is InChI=1S/C42H57N3O9/c1-5-21-45(41(49)51-28-29-15-9-8-10-16-29)37-27-35(44-50-4)33-25-30(17-11-13-22-46)32(18-12-14-23-47)38-34-26-31(53-40(48)43-7-3)19-20-36(34)54-42(37,39(33)38)52-24-6-2/h6,8-10,15-16,19-20,25-26,30,32,37-39,46-47H,2,5,7,11-14,17-18,21-24,27-28H2,1,3-4H3,(H,43,48)/t30-,32+,37-,38+,39+,42+/m0/s1. The molecular formula is C42H57N3O9. The first-order chi connectivity index (χ1) is 26.3. The fraction of sp³-hybridized carbons (Fsp3) is 0.548. The second kappa shape index (κ2) is 19.8. The smallest absolute Gasteiger partial charge is 0.412 e. The second-order valence-electron chi connectivity index (χ2n) is 14.1. The number of hydrogen-bond donors (Lipinski definition) is 3. The molecule has 1 heterocycles. The average Bonchev–Trinajstić information content (AvgIpc) is 3.17. The second-order valence-corrected chi connectivity index (χ2v) is 14.1. The van der Waals surface area contributed by atoms with E-state index >= 15 is 0 Å². The number of carbonyl (C=O) groups is 2. The Labute approximate surface area is 319 Å². The van der Waals surface area contributed by atoms with Crippen molar-refractivity contribution in [3.05, 3.63) is 84.0 Å². The molecule has 0 bridgehead atoms. The predicted octanol–water partition coefficient (Wildman–Crippen LogP) is 7.11. The molecule has 1 aliphatic heterocycles. The third kappa shape index (κ3) is 9.10. The van der Waals surface area contributed by atoms with E-state index in [1.54, 1.807) is 17.0 Å². The van der Waals surface area contributed by atoms with E-state index in [9.17, 15) is 19.8 Å². The van der Waals surface area contributed by atoms with Crippen molar-refractivity contribution < 1.29 is 43.6 Å². The maximum atomic E-state index is 14.3. The van der Waals surface area contributed by atoms with Crippen molar-refractivity contribution in [1.29, 1.82) is 0 Å². The van der Waals surface area contributed by atoms with Crippen LogP contribution in [0.3, 0.4) is 0 Å². The number of aliphatic hydroxyl groups excluding tert-OH is 2. The molecule has 1 saturated carbocycles. The SMILES string of the molecule is C=CCO[C@@]12Oc3ccc(OC(=O)NCC)cc3[C@H]3[C@H](CCCCO)[C@@H](CCCCO)C=C(C(=NOC)C[C@@H]1N(CCC)C(=O)OCc1ccccc1)[C@H]32. The zero-order valence-corrected chi connectivity index (χ0v) is 31.9. The molecule has 0 saturated heterocycles. The van der Waals surface area contributed by atoms with E-state index < -0.39 is 29.9 Å². The highest BCUT2D eigenvalue weighted by Crippen LogP contribution is 2.62. The number of nitrogens with zero attached hydrogens (tertiary/aromatic N) is 2. The van der Waals surface area contributed by atoms with Crippen molar-refractivity contribution >= 4 is 17.9 Å². The number of amides is 2. The number of nitrogens with one attached hydrogen (secondary N) is 1. The van der Waals surface area contributed by atoms with Gasteiger partial charge in [-0.3, -0.25) is 4.90 Å². The van der Waals surface area contributed by atoms with Crippen molar-refractivity contribution in [2.75, 3.05) is 40.0 Å². The van der Waals surface area contributed by atoms with Crippen molar-refractivity contribution in [1.82, 2.24) is 10.2 Å². The molecule has 3 aliphatic rings. The minimum absolute atomic E-state index is 0.0327. The molecule has 1 fully saturated rings. The summed E-state index contributed by atoms with van der Waals surface area (Å²) in [7, 11) is 1.52. The molecule has 5 rings (SSSR count). The lowest BCUT2D eigenvalue weighted by molar-refractivity contribution is -0.255. The van der Waals surface area contributed by atoms with Crippen LogP contribution < -0.4 is 14.8 Å². The highest BCUT2D eigenvalue weighted by Gasteiger charge is 2.65. The molecule has 3 N–H and O–H groups in total. The first kappa shape index (κ1) is 40.8. The summed E-state index contributed by atoms with van der Waals surface area (Å²) in [5.41, 5.74) is 3.34. The normalized spacial score (nSPS) is 24.6. The molecule has 6 atom stereocenters. The number of ether oxygens (including phenoxy) is 4. The van der Waals surface area contributed by atoms with Gasteiger partial charge in [-0.2, -0.15) is 0 Å². The fourth-order valence-electron chi connectivity index (χ4n) is 8.53. The van der Waals surface area contributed by atoms with Crippen molar-refractivity contribution in [3.8, 4) is 11.5 Å². The lowest BCUT2D eigenvalue weighted by Crippen LogP contribution is -2.70. The molecule has 12 heteroatoms. The van der Waals surface area contributed by atoms with Gasteiger partial charge in [-0.25, -0.2) is 9.59 Å². The molecule has 2 aliphatic carbocycles. The predicted molar refractivity (Wildman–Crippen MR) is 205 cm³/mol. The molecule has 0 aromatic heterocycles. The third-order valence-electron chi connectivity index (χ3n) is 10.7. The van der Waals surface area contributed by atoms with Gasteiger partial charge in [0.05, 0.1) is 18.2 Å². The van der Waals surface area contributed by atoms with Crippen LogP contribution >= 0.6 is 0 Å². The number of unbranched alkanes of at least 4 members (excludes halogenated alkanes) is 2. The average molecular weight is 748 g/mol. The van der Waals surface area contributed by atoms with Gasteiger partial charge in [-0.05, 0) is 80.2 Å². The monoisotopic (exact) mass is 747 g/mol. The van der Waals surface area contributed by atoms with E-state index in [1.807, 2.05) is 56.3 Å². The zero-order chi connectivity index (χ0) is 38.5. The summed E-state index contributed by atoms with van der Waals surface area (Å²) >= 11 is 0. The van der Waals surface area contributed by atoms with Crippen LogP contribution in [0.5, 0.6) is 11.5 Å². The largest absolute Gasteiger partial charge is 0.459 e. The molecule has 54 heavy (non-hydrogen) atoms. The molecule has 2 aromatic rings. The van der Waals surface area contributed by atoms with Crippen LogP contribution in [0.1, 0.15) is 82.3 Å². The van der Waals surface area contributed by atoms with Gasteiger partial charge in [0.1, 0.15) is 31.3 Å². The molecule has 0 spiro atoms. The van der Waals surface area contributed by atoms with Crippen molar-refractivity contribution in [3.63, 3.8) is 0 Å². The van der Waals surface area contributed by atoms with Crippen LogP contribution in [-0.2, 0) is 20.9 Å². The lowest BCUT2D eigenvalue weighted by atomic mass is 9.55. The Bertz CT molecular complexity index is 1620. The minimum Gasteiger partial charge on any atom is -0.459 e. The molecule has 294 valence electrons. The summed E-state index contributed by atoms with van der Waals surface area (Å²) in [6.07, 6.45) is 8.36. The Balaban J connectivity index is 1.72. The maximum Gasteiger partial charge on any atom is 0.412 e. The summed E-state index contributed by atoms with van der Waals surface area (Å²) in [6.45, 7) is 9.03. The van der Waals surface area contributed by atoms with Gasteiger partial charge in [-0.15, -0.1) is 6.58 Å². The molecular weight excluding hydrogens is 690 g/mol. The first-order valence-electron chi connectivity index (χ1n) is 19.4. The summed E-state index contributed by atoms with van der Waals surface area (Å²) < 4.78 is 25.8. The Morgan fingerprint density at radius 3 is 2.52 bits per heavy atom. The number of allylic oxidation sites excluding steroid dienone is 1. The molecule has 0 unspecified atom stereocenters. The molecule has 12 nitrogen and oxygen atoms in total. The zero-order valence-electron chi connectivity index (χ0n) is 31.9. The van der Waals surface area contributed by atoms with Crippen molar-refractivity contribution in [2.24, 2.45) is 22.9 Å². The summed E-state index contributed by atoms with van der Waals surface area (Å²) in [4.78, 5) is 34.1. The van der Waals surface area contributed by atoms with Gasteiger partial charge >= 0.3 is 12.2 Å². The first-order valence-corrected chi connectivity index (χ1v) is 19.4. The maximum absolute atomic E-state index is 14.3. The number of hydrogen-bond acceptors (Lipinski definition) is 10. The quantitative estimate of drug-likeness (QED) is 0.0777. The van der Waals surface area contributed by atoms with E-state index in [2.05, 4.69) is 23.1 Å². The van der Waals surface area contributed by atoms with Gasteiger partial charge in [0.2, 0.25) is 5.79 Å². The van der Waals surface area contributed by atoms with Crippen LogP contribution in [0, 0.1) is 17.8 Å². The number of aliphatic hydroxyl groups is 2. The van der Waals surface area contributed by atoms with E-state index in [0.717, 1.165) is 42.4 Å². The van der Waals surface area contributed by atoms with Crippen LogP contribution in [-0.4, -0.2) is 84.9 Å². The van der Waals surface area contributed by atoms with Gasteiger partial charge in [0.15, 0.2) is 0 Å². The van der Waals surface area contributed by atoms with Gasteiger partial charge in [0, 0.05) is 44.2 Å². The van der Waals surface area contributed by atoms with E-state index in [1.165, 1.54) is 7.11 Å². The Kier molecular flexibility index (Phi) is 15.0.